The molecule has 3 heteroatoms. The monoisotopic (exact) mass is 237 g/mol. The number of nitrogen functional groups attached to an aromatic ring is 1. The summed E-state index contributed by atoms with van der Waals surface area (Å²) in [7, 11) is 0. The fourth-order valence-electron chi connectivity index (χ4n) is 1.58. The van der Waals surface area contributed by atoms with Gasteiger partial charge >= 0.3 is 0 Å². The lowest BCUT2D eigenvalue weighted by Crippen LogP contribution is -1.82. The number of aryl methyl sites for hydroxylation is 1. The lowest BCUT2D eigenvalue weighted by Gasteiger charge is -1.91. The molecule has 2 N–H and O–H groups in total. The second-order valence-corrected chi connectivity index (χ2v) is 3.96. The topological polar surface area (TPSA) is 51.8 Å². The minimum atomic E-state index is 0.838. The predicted octanol–water partition coefficient (Wildman–Crippen LogP) is 3.21. The van der Waals surface area contributed by atoms with Gasteiger partial charge in [0, 0.05) is 18.1 Å². The third-order valence-electron chi connectivity index (χ3n) is 2.42. The molecule has 3 aromatic rings. The normalized spacial score (nSPS) is 9.61. The molecule has 2 aromatic carbocycles. The van der Waals surface area contributed by atoms with Crippen molar-refractivity contribution in [2.45, 2.75) is 6.92 Å². The zero-order valence-corrected chi connectivity index (χ0v) is 10.2. The first-order valence-electron chi connectivity index (χ1n) is 5.73. The molecule has 0 radical (unpaired) electrons. The highest BCUT2D eigenvalue weighted by Crippen LogP contribution is 2.04. The molecule has 0 saturated heterocycles. The van der Waals surface area contributed by atoms with Gasteiger partial charge in [-0.1, -0.05) is 24.3 Å². The van der Waals surface area contributed by atoms with Crippen LogP contribution in [0.15, 0.2) is 60.9 Å². The summed E-state index contributed by atoms with van der Waals surface area (Å²) >= 11 is 0. The van der Waals surface area contributed by atoms with Crippen LogP contribution in [0.2, 0.25) is 0 Å². The van der Waals surface area contributed by atoms with Gasteiger partial charge in [-0.2, -0.15) is 0 Å². The summed E-state index contributed by atoms with van der Waals surface area (Å²) < 4.78 is 0. The van der Waals surface area contributed by atoms with Gasteiger partial charge in [-0.15, -0.1) is 0 Å². The number of benzene rings is 2. The fraction of sp³-hybridized carbons (Fsp3) is 0.0667. The third-order valence-corrected chi connectivity index (χ3v) is 2.42. The number of nitrogens with two attached hydrogens (primary N) is 1. The van der Waals surface area contributed by atoms with E-state index in [2.05, 4.69) is 9.97 Å². The number of anilines is 1. The maximum Gasteiger partial charge on any atom is 0.0886 e. The van der Waals surface area contributed by atoms with E-state index in [1.165, 1.54) is 5.56 Å². The summed E-state index contributed by atoms with van der Waals surface area (Å²) in [6.07, 6.45) is 3.39. The Morgan fingerprint density at radius 3 is 1.89 bits per heavy atom. The molecule has 1 aromatic heterocycles. The molecule has 3 rings (SSSR count). The summed E-state index contributed by atoms with van der Waals surface area (Å²) in [5, 5.41) is 0. The Labute approximate surface area is 106 Å². The predicted molar refractivity (Wildman–Crippen MR) is 75.1 cm³/mol. The Hall–Kier alpha value is -2.42. The van der Waals surface area contributed by atoms with E-state index in [0.717, 1.165) is 16.7 Å². The van der Waals surface area contributed by atoms with Gasteiger partial charge < -0.3 is 5.73 Å². The van der Waals surface area contributed by atoms with Crippen LogP contribution in [0.3, 0.4) is 0 Å². The fourth-order valence-corrected chi connectivity index (χ4v) is 1.58. The van der Waals surface area contributed by atoms with Crippen LogP contribution in [0.5, 0.6) is 0 Å². The van der Waals surface area contributed by atoms with Crippen molar-refractivity contribution in [2.75, 3.05) is 5.73 Å². The average Bonchev–Trinajstić information content (AvgIpc) is 2.39. The van der Waals surface area contributed by atoms with Crippen molar-refractivity contribution < 1.29 is 0 Å². The number of para-hydroxylation sites is 2. The quantitative estimate of drug-likeness (QED) is 0.611. The lowest BCUT2D eigenvalue weighted by atomic mass is 10.2. The molecule has 1 heterocycles. The SMILES string of the molecule is Cc1cccc(N)c1.c1ccc2nccnc2c1. The van der Waals surface area contributed by atoms with Crippen LogP contribution in [0.4, 0.5) is 5.69 Å². The van der Waals surface area contributed by atoms with Crippen LogP contribution in [0, 0.1) is 6.92 Å². The van der Waals surface area contributed by atoms with Crippen LogP contribution in [-0.2, 0) is 0 Å². The van der Waals surface area contributed by atoms with Crippen LogP contribution in [0.1, 0.15) is 5.56 Å². The lowest BCUT2D eigenvalue weighted by molar-refractivity contribution is 1.29. The van der Waals surface area contributed by atoms with Gasteiger partial charge in [-0.25, -0.2) is 0 Å². The molecule has 3 nitrogen and oxygen atoms in total. The van der Waals surface area contributed by atoms with Gasteiger partial charge in [-0.3, -0.25) is 9.97 Å². The maximum absolute atomic E-state index is 5.46. The van der Waals surface area contributed by atoms with Gasteiger partial charge in [-0.05, 0) is 36.8 Å². The highest BCUT2D eigenvalue weighted by molar-refractivity contribution is 5.72. The summed E-state index contributed by atoms with van der Waals surface area (Å²) in [5.41, 5.74) is 9.41. The molecule has 0 aliphatic rings. The molecule has 0 fully saturated rings. The number of hydrogen-bond acceptors (Lipinski definition) is 3. The maximum atomic E-state index is 5.46. The van der Waals surface area contributed by atoms with Gasteiger partial charge in [0.15, 0.2) is 0 Å². The zero-order valence-electron chi connectivity index (χ0n) is 10.2. The molecule has 0 bridgehead atoms. The average molecular weight is 237 g/mol. The Morgan fingerprint density at radius 1 is 0.833 bits per heavy atom. The third kappa shape index (κ3) is 3.28. The van der Waals surface area contributed by atoms with E-state index in [-0.39, 0.29) is 0 Å². The molecule has 0 atom stereocenters. The smallest absolute Gasteiger partial charge is 0.0886 e. The van der Waals surface area contributed by atoms with E-state index < -0.39 is 0 Å². The molecular formula is C15H15N3. The number of nitrogens with zero attached hydrogens (tertiary/aromatic N) is 2. The van der Waals surface area contributed by atoms with E-state index in [1.54, 1.807) is 12.4 Å². The van der Waals surface area contributed by atoms with Gasteiger partial charge in [0.1, 0.15) is 0 Å². The Balaban J connectivity index is 0.000000138. The van der Waals surface area contributed by atoms with E-state index in [1.807, 2.05) is 55.5 Å². The largest absolute Gasteiger partial charge is 0.399 e. The summed E-state index contributed by atoms with van der Waals surface area (Å²) in [4.78, 5) is 8.24. The van der Waals surface area contributed by atoms with Crippen molar-refractivity contribution in [2.24, 2.45) is 0 Å². The number of aromatic nitrogens is 2. The Morgan fingerprint density at radius 2 is 1.44 bits per heavy atom. The van der Waals surface area contributed by atoms with Crippen molar-refractivity contribution in [3.8, 4) is 0 Å². The standard InChI is InChI=1S/C8H6N2.C7H9N/c1-2-4-8-7(3-1)9-5-6-10-8;1-6-3-2-4-7(8)5-6/h1-6H;2-5H,8H2,1H3. The first-order chi connectivity index (χ1) is 8.75. The molecule has 18 heavy (non-hydrogen) atoms. The second kappa shape index (κ2) is 5.77. The molecule has 0 aliphatic heterocycles. The van der Waals surface area contributed by atoms with Crippen molar-refractivity contribution in [1.82, 2.24) is 9.97 Å². The molecule has 0 saturated carbocycles. The number of rotatable bonds is 0. The van der Waals surface area contributed by atoms with Crippen molar-refractivity contribution in [3.63, 3.8) is 0 Å². The van der Waals surface area contributed by atoms with E-state index in [9.17, 15) is 0 Å². The molecule has 0 spiro atoms. The molecule has 90 valence electrons. The van der Waals surface area contributed by atoms with Gasteiger partial charge in [0.25, 0.3) is 0 Å². The molecule has 0 unspecified atom stereocenters. The second-order valence-electron chi connectivity index (χ2n) is 3.96. The van der Waals surface area contributed by atoms with E-state index in [0.29, 0.717) is 0 Å². The first kappa shape index (κ1) is 12.0. The van der Waals surface area contributed by atoms with Crippen LogP contribution in [-0.4, -0.2) is 9.97 Å². The van der Waals surface area contributed by atoms with Crippen LogP contribution >= 0.6 is 0 Å². The zero-order chi connectivity index (χ0) is 12.8. The summed E-state index contributed by atoms with van der Waals surface area (Å²) in [6.45, 7) is 2.02. The Kier molecular flexibility index (Phi) is 3.86. The molecule has 0 amide bonds. The molecular weight excluding hydrogens is 222 g/mol. The van der Waals surface area contributed by atoms with Crippen LogP contribution < -0.4 is 5.73 Å². The van der Waals surface area contributed by atoms with Crippen LogP contribution in [0.25, 0.3) is 11.0 Å². The van der Waals surface area contributed by atoms with E-state index >= 15 is 0 Å². The number of fused-ring (bicyclic) bond motifs is 1. The van der Waals surface area contributed by atoms with E-state index in [4.69, 9.17) is 5.73 Å². The molecule has 0 aliphatic carbocycles. The summed E-state index contributed by atoms with van der Waals surface area (Å²) in [5.74, 6) is 0. The minimum Gasteiger partial charge on any atom is -0.399 e. The van der Waals surface area contributed by atoms with Crippen molar-refractivity contribution in [3.05, 3.63) is 66.5 Å². The number of hydrogen-bond donors (Lipinski definition) is 1. The van der Waals surface area contributed by atoms with Crippen molar-refractivity contribution >= 4 is 16.7 Å². The Bertz CT molecular complexity index is 552. The van der Waals surface area contributed by atoms with Gasteiger partial charge in [0.05, 0.1) is 11.0 Å². The minimum absolute atomic E-state index is 0.838. The summed E-state index contributed by atoms with van der Waals surface area (Å²) in [6, 6.07) is 15.6. The van der Waals surface area contributed by atoms with Crippen molar-refractivity contribution in [1.29, 1.82) is 0 Å². The highest BCUT2D eigenvalue weighted by Gasteiger charge is 1.88. The highest BCUT2D eigenvalue weighted by atomic mass is 14.8. The van der Waals surface area contributed by atoms with Gasteiger partial charge in [0.2, 0.25) is 0 Å². The first-order valence-corrected chi connectivity index (χ1v) is 5.73.